The summed E-state index contributed by atoms with van der Waals surface area (Å²) in [4.78, 5) is 23.4. The van der Waals surface area contributed by atoms with Gasteiger partial charge < -0.3 is 15.1 Å². The number of hydrogen-bond acceptors (Lipinski definition) is 3. The SMILES string of the molecule is O=C(CCCNC(=O)c1ccco1)Nc1cc(Cl)ccc1Cl. The summed E-state index contributed by atoms with van der Waals surface area (Å²) in [6.45, 7) is 0.371. The van der Waals surface area contributed by atoms with Crippen molar-refractivity contribution in [2.75, 3.05) is 11.9 Å². The summed E-state index contributed by atoms with van der Waals surface area (Å²) < 4.78 is 4.96. The zero-order chi connectivity index (χ0) is 15.9. The Bertz CT molecular complexity index is 657. The van der Waals surface area contributed by atoms with Crippen LogP contribution < -0.4 is 10.6 Å². The normalized spacial score (nSPS) is 10.3. The van der Waals surface area contributed by atoms with E-state index in [1.165, 1.54) is 6.26 Å². The van der Waals surface area contributed by atoms with Gasteiger partial charge in [-0.05, 0) is 36.8 Å². The Morgan fingerprint density at radius 1 is 1.18 bits per heavy atom. The molecule has 22 heavy (non-hydrogen) atoms. The topological polar surface area (TPSA) is 71.3 Å². The van der Waals surface area contributed by atoms with E-state index < -0.39 is 0 Å². The van der Waals surface area contributed by atoms with E-state index in [9.17, 15) is 9.59 Å². The molecule has 2 amide bonds. The van der Waals surface area contributed by atoms with E-state index in [1.54, 1.807) is 30.3 Å². The highest BCUT2D eigenvalue weighted by Gasteiger charge is 2.09. The van der Waals surface area contributed by atoms with Crippen molar-refractivity contribution < 1.29 is 14.0 Å². The Kier molecular flexibility index (Phi) is 5.86. The van der Waals surface area contributed by atoms with Crippen LogP contribution in [0.2, 0.25) is 10.0 Å². The first kappa shape index (κ1) is 16.4. The zero-order valence-electron chi connectivity index (χ0n) is 11.6. The van der Waals surface area contributed by atoms with Gasteiger partial charge in [0.1, 0.15) is 0 Å². The van der Waals surface area contributed by atoms with Crippen molar-refractivity contribution in [1.29, 1.82) is 0 Å². The Balaban J connectivity index is 1.72. The first-order chi connectivity index (χ1) is 10.6. The maximum absolute atomic E-state index is 11.8. The van der Waals surface area contributed by atoms with Gasteiger partial charge in [0.15, 0.2) is 5.76 Å². The molecule has 0 saturated carbocycles. The minimum absolute atomic E-state index is 0.198. The number of halogens is 2. The molecule has 5 nitrogen and oxygen atoms in total. The number of nitrogens with one attached hydrogen (secondary N) is 2. The molecule has 1 aromatic carbocycles. The standard InChI is InChI=1S/C15H14Cl2N2O3/c16-10-5-6-11(17)12(9-10)19-14(20)4-1-7-18-15(21)13-3-2-8-22-13/h2-3,5-6,8-9H,1,4,7H2,(H,18,21)(H,19,20). The number of anilines is 1. The van der Waals surface area contributed by atoms with E-state index in [1.807, 2.05) is 0 Å². The van der Waals surface area contributed by atoms with Gasteiger partial charge in [-0.2, -0.15) is 0 Å². The number of benzene rings is 1. The molecule has 0 saturated heterocycles. The molecule has 0 spiro atoms. The predicted octanol–water partition coefficient (Wildman–Crippen LogP) is 3.74. The van der Waals surface area contributed by atoms with Crippen molar-refractivity contribution in [1.82, 2.24) is 5.32 Å². The summed E-state index contributed by atoms with van der Waals surface area (Å²) in [5.74, 6) is -0.255. The van der Waals surface area contributed by atoms with Crippen LogP contribution in [0.25, 0.3) is 0 Å². The van der Waals surface area contributed by atoms with E-state index in [2.05, 4.69) is 10.6 Å². The number of amides is 2. The number of furan rings is 1. The fourth-order valence-corrected chi connectivity index (χ4v) is 2.09. The smallest absolute Gasteiger partial charge is 0.286 e. The van der Waals surface area contributed by atoms with Gasteiger partial charge in [0.05, 0.1) is 17.0 Å². The van der Waals surface area contributed by atoms with Crippen molar-refractivity contribution in [3.63, 3.8) is 0 Å². The van der Waals surface area contributed by atoms with Crippen LogP contribution in [0.4, 0.5) is 5.69 Å². The van der Waals surface area contributed by atoms with E-state index in [0.717, 1.165) is 0 Å². The van der Waals surface area contributed by atoms with Crippen LogP contribution in [0, 0.1) is 0 Å². The van der Waals surface area contributed by atoms with Crippen LogP contribution >= 0.6 is 23.2 Å². The number of carbonyl (C=O) groups excluding carboxylic acids is 2. The summed E-state index contributed by atoms with van der Waals surface area (Å²) >= 11 is 11.8. The van der Waals surface area contributed by atoms with E-state index >= 15 is 0 Å². The molecule has 2 N–H and O–H groups in total. The quantitative estimate of drug-likeness (QED) is 0.787. The molecule has 7 heteroatoms. The summed E-state index contributed by atoms with van der Waals surface area (Å²) in [7, 11) is 0. The monoisotopic (exact) mass is 340 g/mol. The third-order valence-electron chi connectivity index (χ3n) is 2.81. The predicted molar refractivity (Wildman–Crippen MR) is 85.4 cm³/mol. The van der Waals surface area contributed by atoms with Gasteiger partial charge in [0.2, 0.25) is 5.91 Å². The molecular weight excluding hydrogens is 327 g/mol. The molecule has 0 fully saturated rings. The van der Waals surface area contributed by atoms with Gasteiger partial charge in [-0.15, -0.1) is 0 Å². The van der Waals surface area contributed by atoms with Crippen LogP contribution in [-0.2, 0) is 4.79 Å². The minimum atomic E-state index is -0.303. The maximum Gasteiger partial charge on any atom is 0.286 e. The fourth-order valence-electron chi connectivity index (χ4n) is 1.75. The summed E-state index contributed by atoms with van der Waals surface area (Å²) in [6, 6.07) is 8.05. The molecule has 0 aliphatic heterocycles. The highest BCUT2D eigenvalue weighted by atomic mass is 35.5. The highest BCUT2D eigenvalue weighted by Crippen LogP contribution is 2.25. The highest BCUT2D eigenvalue weighted by molar-refractivity contribution is 6.35. The van der Waals surface area contributed by atoms with Gasteiger partial charge in [0.25, 0.3) is 5.91 Å². The van der Waals surface area contributed by atoms with Crippen LogP contribution in [0.15, 0.2) is 41.0 Å². The van der Waals surface area contributed by atoms with E-state index in [-0.39, 0.29) is 24.0 Å². The molecule has 0 atom stereocenters. The lowest BCUT2D eigenvalue weighted by Crippen LogP contribution is -2.25. The fraction of sp³-hybridized carbons (Fsp3) is 0.200. The zero-order valence-corrected chi connectivity index (χ0v) is 13.1. The Labute approximate surface area is 137 Å². The number of rotatable bonds is 6. The van der Waals surface area contributed by atoms with Crippen LogP contribution in [-0.4, -0.2) is 18.4 Å². The van der Waals surface area contributed by atoms with Crippen LogP contribution in [0.1, 0.15) is 23.4 Å². The average Bonchev–Trinajstić information content (AvgIpc) is 3.01. The largest absolute Gasteiger partial charge is 0.459 e. The van der Waals surface area contributed by atoms with Crippen LogP contribution in [0.5, 0.6) is 0 Å². The van der Waals surface area contributed by atoms with Crippen molar-refractivity contribution in [2.24, 2.45) is 0 Å². The molecule has 0 aliphatic rings. The summed E-state index contributed by atoms with van der Waals surface area (Å²) in [6.07, 6.45) is 2.18. The molecule has 116 valence electrons. The van der Waals surface area contributed by atoms with Gasteiger partial charge >= 0.3 is 0 Å². The van der Waals surface area contributed by atoms with Gasteiger partial charge in [-0.1, -0.05) is 23.2 Å². The lowest BCUT2D eigenvalue weighted by Gasteiger charge is -2.08. The molecule has 0 aliphatic carbocycles. The van der Waals surface area contributed by atoms with Gasteiger partial charge in [-0.25, -0.2) is 0 Å². The van der Waals surface area contributed by atoms with Gasteiger partial charge in [-0.3, -0.25) is 9.59 Å². The van der Waals surface area contributed by atoms with Crippen molar-refractivity contribution in [2.45, 2.75) is 12.8 Å². The van der Waals surface area contributed by atoms with E-state index in [0.29, 0.717) is 28.7 Å². The van der Waals surface area contributed by atoms with Gasteiger partial charge in [0, 0.05) is 18.0 Å². The van der Waals surface area contributed by atoms with Crippen molar-refractivity contribution in [3.8, 4) is 0 Å². The first-order valence-corrected chi connectivity index (χ1v) is 7.38. The second-order valence-corrected chi connectivity index (χ2v) is 5.35. The van der Waals surface area contributed by atoms with Crippen LogP contribution in [0.3, 0.4) is 0 Å². The molecular formula is C15H14Cl2N2O3. The lowest BCUT2D eigenvalue weighted by atomic mass is 10.2. The lowest BCUT2D eigenvalue weighted by molar-refractivity contribution is -0.116. The number of carbonyl (C=O) groups is 2. The second kappa shape index (κ2) is 7.87. The van der Waals surface area contributed by atoms with Crippen molar-refractivity contribution >= 4 is 40.7 Å². The molecule has 2 rings (SSSR count). The molecule has 0 unspecified atom stereocenters. The third-order valence-corrected chi connectivity index (χ3v) is 3.38. The molecule has 0 bridgehead atoms. The molecule has 0 radical (unpaired) electrons. The molecule has 2 aromatic rings. The minimum Gasteiger partial charge on any atom is -0.459 e. The second-order valence-electron chi connectivity index (χ2n) is 4.51. The average molecular weight is 341 g/mol. The molecule has 1 heterocycles. The molecule has 1 aromatic heterocycles. The third kappa shape index (κ3) is 4.79. The van der Waals surface area contributed by atoms with Crippen molar-refractivity contribution in [3.05, 3.63) is 52.4 Å². The Morgan fingerprint density at radius 3 is 2.73 bits per heavy atom. The summed E-state index contributed by atoms with van der Waals surface area (Å²) in [5, 5.41) is 6.26. The van der Waals surface area contributed by atoms with E-state index in [4.69, 9.17) is 27.6 Å². The number of hydrogen-bond donors (Lipinski definition) is 2. The Hall–Kier alpha value is -1.98. The first-order valence-electron chi connectivity index (χ1n) is 6.63. The maximum atomic E-state index is 11.8. The Morgan fingerprint density at radius 2 is 2.00 bits per heavy atom. The summed E-state index contributed by atoms with van der Waals surface area (Å²) in [5.41, 5.74) is 0.471.